The number of hydrogen-bond donors (Lipinski definition) is 3. The van der Waals surface area contributed by atoms with Crippen molar-refractivity contribution in [2.45, 2.75) is 38.7 Å². The van der Waals surface area contributed by atoms with Crippen molar-refractivity contribution in [3.63, 3.8) is 0 Å². The number of hydrogen-bond acceptors (Lipinski definition) is 5. The maximum absolute atomic E-state index is 11.9. The van der Waals surface area contributed by atoms with Crippen LogP contribution in [0.4, 0.5) is 10.5 Å². The summed E-state index contributed by atoms with van der Waals surface area (Å²) < 4.78 is 10.4. The minimum Gasteiger partial charge on any atom is -0.503 e. The first-order valence-electron chi connectivity index (χ1n) is 7.36. The monoisotopic (exact) mass is 308 g/mol. The molecule has 6 heteroatoms. The summed E-state index contributed by atoms with van der Waals surface area (Å²) in [6, 6.07) is 3.54. The van der Waals surface area contributed by atoms with Crippen molar-refractivity contribution in [1.82, 2.24) is 0 Å². The maximum atomic E-state index is 11.9. The Bertz CT molecular complexity index is 566. The van der Waals surface area contributed by atoms with Gasteiger partial charge in [0.25, 0.3) is 0 Å². The SMILES string of the molecule is COc1cc(C2CC2CN)cc(NC(=O)OC(C)(C)C)c1O. The molecule has 0 heterocycles. The van der Waals surface area contributed by atoms with E-state index in [0.29, 0.717) is 24.1 Å². The van der Waals surface area contributed by atoms with Crippen LogP contribution in [-0.4, -0.2) is 30.5 Å². The third kappa shape index (κ3) is 3.82. The number of carbonyl (C=O) groups is 1. The van der Waals surface area contributed by atoms with Crippen molar-refractivity contribution in [2.24, 2.45) is 11.7 Å². The van der Waals surface area contributed by atoms with Gasteiger partial charge < -0.3 is 20.3 Å². The second-order valence-electron chi connectivity index (χ2n) is 6.58. The Morgan fingerprint density at radius 2 is 2.14 bits per heavy atom. The van der Waals surface area contributed by atoms with E-state index in [9.17, 15) is 9.90 Å². The molecule has 4 N–H and O–H groups in total. The number of benzene rings is 1. The predicted molar refractivity (Wildman–Crippen MR) is 84.4 cm³/mol. The highest BCUT2D eigenvalue weighted by molar-refractivity contribution is 5.88. The summed E-state index contributed by atoms with van der Waals surface area (Å²) in [7, 11) is 1.48. The van der Waals surface area contributed by atoms with Crippen LogP contribution in [0, 0.1) is 5.92 Å². The fraction of sp³-hybridized carbons (Fsp3) is 0.562. The molecule has 0 radical (unpaired) electrons. The van der Waals surface area contributed by atoms with Gasteiger partial charge in [0, 0.05) is 0 Å². The molecule has 0 bridgehead atoms. The molecule has 1 aliphatic carbocycles. The Hall–Kier alpha value is -1.95. The molecule has 2 rings (SSSR count). The molecule has 1 fully saturated rings. The Labute approximate surface area is 130 Å². The van der Waals surface area contributed by atoms with Gasteiger partial charge in [0.15, 0.2) is 11.5 Å². The van der Waals surface area contributed by atoms with Crippen molar-refractivity contribution in [2.75, 3.05) is 19.0 Å². The van der Waals surface area contributed by atoms with Gasteiger partial charge in [0.2, 0.25) is 0 Å². The lowest BCUT2D eigenvalue weighted by Gasteiger charge is -2.20. The van der Waals surface area contributed by atoms with Crippen molar-refractivity contribution >= 4 is 11.8 Å². The van der Waals surface area contributed by atoms with E-state index in [0.717, 1.165) is 12.0 Å². The summed E-state index contributed by atoms with van der Waals surface area (Å²) in [4.78, 5) is 11.9. The molecule has 1 saturated carbocycles. The summed E-state index contributed by atoms with van der Waals surface area (Å²) in [6.45, 7) is 5.96. The first kappa shape index (κ1) is 16.4. The minimum atomic E-state index is -0.617. The van der Waals surface area contributed by atoms with Crippen LogP contribution in [0.3, 0.4) is 0 Å². The lowest BCUT2D eigenvalue weighted by Crippen LogP contribution is -2.27. The topological polar surface area (TPSA) is 93.8 Å². The van der Waals surface area contributed by atoms with E-state index < -0.39 is 11.7 Å². The summed E-state index contributed by atoms with van der Waals surface area (Å²) >= 11 is 0. The highest BCUT2D eigenvalue weighted by Gasteiger charge is 2.38. The smallest absolute Gasteiger partial charge is 0.412 e. The standard InChI is InChI=1S/C16H24N2O4/c1-16(2,3)22-15(20)18-12-6-9(11-5-10(11)8-17)7-13(21-4)14(12)19/h6-7,10-11,19H,5,8,17H2,1-4H3,(H,18,20). The van der Waals surface area contributed by atoms with Gasteiger partial charge in [-0.05, 0) is 63.3 Å². The van der Waals surface area contributed by atoms with Gasteiger partial charge in [0.1, 0.15) is 5.60 Å². The van der Waals surface area contributed by atoms with Crippen molar-refractivity contribution in [1.29, 1.82) is 0 Å². The number of aromatic hydroxyl groups is 1. The Morgan fingerprint density at radius 1 is 1.45 bits per heavy atom. The van der Waals surface area contributed by atoms with Gasteiger partial charge in [0.05, 0.1) is 12.8 Å². The van der Waals surface area contributed by atoms with E-state index >= 15 is 0 Å². The van der Waals surface area contributed by atoms with Crippen LogP contribution in [-0.2, 0) is 4.74 Å². The zero-order chi connectivity index (χ0) is 16.5. The Balaban J connectivity index is 2.22. The quantitative estimate of drug-likeness (QED) is 0.744. The predicted octanol–water partition coefficient (Wildman–Crippen LogP) is 2.81. The summed E-state index contributed by atoms with van der Waals surface area (Å²) in [5.41, 5.74) is 6.35. The molecule has 1 amide bonds. The normalized spacial score (nSPS) is 20.4. The molecule has 1 aromatic carbocycles. The Morgan fingerprint density at radius 3 is 2.64 bits per heavy atom. The second-order valence-corrected chi connectivity index (χ2v) is 6.58. The van der Waals surface area contributed by atoms with Crippen LogP contribution in [0.15, 0.2) is 12.1 Å². The largest absolute Gasteiger partial charge is 0.503 e. The minimum absolute atomic E-state index is 0.109. The Kier molecular flexibility index (Phi) is 4.51. The molecule has 2 unspecified atom stereocenters. The van der Waals surface area contributed by atoms with Crippen molar-refractivity contribution in [3.05, 3.63) is 17.7 Å². The fourth-order valence-electron chi connectivity index (χ4n) is 2.42. The number of phenolic OH excluding ortho intramolecular Hbond substituents is 1. The summed E-state index contributed by atoms with van der Waals surface area (Å²) in [5.74, 6) is 1.01. The first-order chi connectivity index (χ1) is 10.2. The fourth-order valence-corrected chi connectivity index (χ4v) is 2.42. The zero-order valence-electron chi connectivity index (χ0n) is 13.5. The van der Waals surface area contributed by atoms with Crippen LogP contribution in [0.1, 0.15) is 38.7 Å². The second kappa shape index (κ2) is 6.04. The van der Waals surface area contributed by atoms with Crippen LogP contribution >= 0.6 is 0 Å². The number of amides is 1. The lowest BCUT2D eigenvalue weighted by molar-refractivity contribution is 0.0635. The number of ether oxygens (including phenoxy) is 2. The molecule has 6 nitrogen and oxygen atoms in total. The number of methoxy groups -OCH3 is 1. The third-order valence-electron chi connectivity index (χ3n) is 3.61. The number of nitrogens with two attached hydrogens (primary N) is 1. The molecule has 0 saturated heterocycles. The highest BCUT2D eigenvalue weighted by atomic mass is 16.6. The van der Waals surface area contributed by atoms with E-state index in [1.165, 1.54) is 7.11 Å². The number of nitrogens with one attached hydrogen (secondary N) is 1. The van der Waals surface area contributed by atoms with Gasteiger partial charge in [-0.2, -0.15) is 0 Å². The molecule has 2 atom stereocenters. The van der Waals surface area contributed by atoms with E-state index in [2.05, 4.69) is 5.32 Å². The number of anilines is 1. The van der Waals surface area contributed by atoms with Gasteiger partial charge in [-0.25, -0.2) is 4.79 Å². The lowest BCUT2D eigenvalue weighted by atomic mass is 10.1. The van der Waals surface area contributed by atoms with Crippen LogP contribution in [0.5, 0.6) is 11.5 Å². The molecule has 0 aromatic heterocycles. The number of rotatable bonds is 4. The molecule has 122 valence electrons. The van der Waals surface area contributed by atoms with Crippen molar-refractivity contribution < 1.29 is 19.4 Å². The molecule has 0 spiro atoms. The molecular formula is C16H24N2O4. The van der Waals surface area contributed by atoms with Crippen LogP contribution in [0.2, 0.25) is 0 Å². The molecule has 1 aliphatic rings. The third-order valence-corrected chi connectivity index (χ3v) is 3.61. The van der Waals surface area contributed by atoms with Crippen LogP contribution in [0.25, 0.3) is 0 Å². The van der Waals surface area contributed by atoms with E-state index in [1.807, 2.05) is 0 Å². The van der Waals surface area contributed by atoms with Gasteiger partial charge in [-0.1, -0.05) is 0 Å². The number of phenols is 1. The van der Waals surface area contributed by atoms with Gasteiger partial charge in [-0.15, -0.1) is 0 Å². The van der Waals surface area contributed by atoms with Gasteiger partial charge >= 0.3 is 6.09 Å². The molecule has 0 aliphatic heterocycles. The van der Waals surface area contributed by atoms with E-state index in [1.54, 1.807) is 32.9 Å². The summed E-state index contributed by atoms with van der Waals surface area (Å²) in [5, 5.41) is 12.7. The van der Waals surface area contributed by atoms with Crippen molar-refractivity contribution in [3.8, 4) is 11.5 Å². The first-order valence-corrected chi connectivity index (χ1v) is 7.36. The highest BCUT2D eigenvalue weighted by Crippen LogP contribution is 2.50. The van der Waals surface area contributed by atoms with E-state index in [4.69, 9.17) is 15.2 Å². The molecule has 22 heavy (non-hydrogen) atoms. The number of carbonyl (C=O) groups excluding carboxylic acids is 1. The average molecular weight is 308 g/mol. The maximum Gasteiger partial charge on any atom is 0.412 e. The summed E-state index contributed by atoms with van der Waals surface area (Å²) in [6.07, 6.45) is 0.393. The average Bonchev–Trinajstić information content (AvgIpc) is 3.18. The zero-order valence-corrected chi connectivity index (χ0v) is 13.5. The molecular weight excluding hydrogens is 284 g/mol. The molecule has 1 aromatic rings. The van der Waals surface area contributed by atoms with Gasteiger partial charge in [-0.3, -0.25) is 5.32 Å². The van der Waals surface area contributed by atoms with Crippen LogP contribution < -0.4 is 15.8 Å². The van der Waals surface area contributed by atoms with E-state index in [-0.39, 0.29) is 11.4 Å².